The van der Waals surface area contributed by atoms with Crippen molar-refractivity contribution in [1.29, 1.82) is 0 Å². The molecular weight excluding hydrogens is 339 g/mol. The highest BCUT2D eigenvalue weighted by atomic mass is 19.1. The van der Waals surface area contributed by atoms with Gasteiger partial charge in [-0.15, -0.1) is 0 Å². The molecule has 0 bridgehead atoms. The molecule has 7 nitrogen and oxygen atoms in total. The molecule has 0 aliphatic rings. The summed E-state index contributed by atoms with van der Waals surface area (Å²) in [4.78, 5) is 10.8. The Morgan fingerprint density at radius 2 is 2.12 bits per heavy atom. The standard InChI is InChI=1S/C18H13FN4O3/c19-15-7-13(1-2-17(15)23-5-3-12(10-23)11-24)16-8-14(26-21-16)9-20-18-4-6-25-22-18/h1-8,10-11H,9H2,(H,20,22). The number of nitrogens with zero attached hydrogens (tertiary/aromatic N) is 3. The van der Waals surface area contributed by atoms with Crippen molar-refractivity contribution in [2.45, 2.75) is 6.54 Å². The molecule has 0 unspecified atom stereocenters. The van der Waals surface area contributed by atoms with Crippen molar-refractivity contribution < 1.29 is 18.2 Å². The third-order valence-corrected chi connectivity index (χ3v) is 3.81. The van der Waals surface area contributed by atoms with E-state index in [2.05, 4.69) is 15.6 Å². The second-order valence-corrected chi connectivity index (χ2v) is 5.55. The molecular formula is C18H13FN4O3. The van der Waals surface area contributed by atoms with Crippen LogP contribution in [0, 0.1) is 5.82 Å². The molecule has 130 valence electrons. The Morgan fingerprint density at radius 3 is 2.85 bits per heavy atom. The quantitative estimate of drug-likeness (QED) is 0.533. The summed E-state index contributed by atoms with van der Waals surface area (Å²) in [5.74, 6) is 0.731. The van der Waals surface area contributed by atoms with Gasteiger partial charge in [0.2, 0.25) is 0 Å². The maximum absolute atomic E-state index is 14.5. The summed E-state index contributed by atoms with van der Waals surface area (Å²) in [5.41, 5.74) is 1.94. The second kappa shape index (κ2) is 6.67. The first-order chi connectivity index (χ1) is 12.7. The van der Waals surface area contributed by atoms with E-state index >= 15 is 0 Å². The molecule has 26 heavy (non-hydrogen) atoms. The Labute approximate surface area is 147 Å². The van der Waals surface area contributed by atoms with Gasteiger partial charge in [-0.05, 0) is 18.2 Å². The summed E-state index contributed by atoms with van der Waals surface area (Å²) in [7, 11) is 0. The lowest BCUT2D eigenvalue weighted by atomic mass is 10.1. The zero-order valence-electron chi connectivity index (χ0n) is 13.4. The normalized spacial score (nSPS) is 10.8. The number of benzene rings is 1. The second-order valence-electron chi connectivity index (χ2n) is 5.55. The molecule has 0 saturated heterocycles. The van der Waals surface area contributed by atoms with Crippen LogP contribution in [0.2, 0.25) is 0 Å². The van der Waals surface area contributed by atoms with Gasteiger partial charge in [-0.25, -0.2) is 4.39 Å². The lowest BCUT2D eigenvalue weighted by Crippen LogP contribution is -1.97. The number of aldehydes is 1. The summed E-state index contributed by atoms with van der Waals surface area (Å²) < 4.78 is 26.0. The van der Waals surface area contributed by atoms with Gasteiger partial charge in [0.25, 0.3) is 0 Å². The molecule has 3 heterocycles. The fraction of sp³-hybridized carbons (Fsp3) is 0.0556. The highest BCUT2D eigenvalue weighted by Crippen LogP contribution is 2.24. The molecule has 8 heteroatoms. The van der Waals surface area contributed by atoms with Crippen LogP contribution in [0.4, 0.5) is 10.2 Å². The Bertz CT molecular complexity index is 1040. The Kier molecular flexibility index (Phi) is 4.06. The van der Waals surface area contributed by atoms with Crippen molar-refractivity contribution in [2.75, 3.05) is 5.32 Å². The molecule has 1 N–H and O–H groups in total. The number of rotatable bonds is 6. The molecule has 0 spiro atoms. The van der Waals surface area contributed by atoms with Gasteiger partial charge in [0.15, 0.2) is 17.9 Å². The van der Waals surface area contributed by atoms with Gasteiger partial charge in [0, 0.05) is 35.7 Å². The van der Waals surface area contributed by atoms with Gasteiger partial charge < -0.3 is 18.9 Å². The van der Waals surface area contributed by atoms with Crippen molar-refractivity contribution in [3.63, 3.8) is 0 Å². The predicted molar refractivity (Wildman–Crippen MR) is 90.4 cm³/mol. The average molecular weight is 352 g/mol. The summed E-state index contributed by atoms with van der Waals surface area (Å²) >= 11 is 0. The molecule has 0 radical (unpaired) electrons. The van der Waals surface area contributed by atoms with Gasteiger partial charge in [-0.2, -0.15) is 0 Å². The van der Waals surface area contributed by atoms with E-state index in [1.54, 1.807) is 47.3 Å². The van der Waals surface area contributed by atoms with E-state index in [9.17, 15) is 9.18 Å². The smallest absolute Gasteiger partial charge is 0.169 e. The molecule has 3 aromatic heterocycles. The molecule has 0 amide bonds. The molecule has 0 atom stereocenters. The zero-order valence-corrected chi connectivity index (χ0v) is 13.4. The minimum absolute atomic E-state index is 0.346. The minimum atomic E-state index is -0.430. The Morgan fingerprint density at radius 1 is 1.19 bits per heavy atom. The molecule has 0 fully saturated rings. The Balaban J connectivity index is 1.53. The summed E-state index contributed by atoms with van der Waals surface area (Å²) in [6.45, 7) is 0.373. The number of halogens is 1. The third-order valence-electron chi connectivity index (χ3n) is 3.81. The number of aromatic nitrogens is 3. The fourth-order valence-electron chi connectivity index (χ4n) is 2.52. The first kappa shape index (κ1) is 15.8. The highest BCUT2D eigenvalue weighted by molar-refractivity contribution is 5.74. The molecule has 0 saturated carbocycles. The van der Waals surface area contributed by atoms with E-state index in [1.807, 2.05) is 0 Å². The van der Waals surface area contributed by atoms with Crippen LogP contribution in [0.25, 0.3) is 16.9 Å². The van der Waals surface area contributed by atoms with Crippen LogP contribution in [0.3, 0.4) is 0 Å². The van der Waals surface area contributed by atoms with E-state index in [0.29, 0.717) is 46.9 Å². The minimum Gasteiger partial charge on any atom is -0.363 e. The molecule has 4 rings (SSSR count). The van der Waals surface area contributed by atoms with E-state index in [-0.39, 0.29) is 0 Å². The number of carbonyl (C=O) groups excluding carboxylic acids is 1. The molecule has 1 aromatic carbocycles. The molecule has 0 aliphatic heterocycles. The maximum atomic E-state index is 14.5. The first-order valence-corrected chi connectivity index (χ1v) is 7.76. The van der Waals surface area contributed by atoms with Crippen LogP contribution in [0.1, 0.15) is 16.1 Å². The van der Waals surface area contributed by atoms with Gasteiger partial charge in [-0.1, -0.05) is 16.4 Å². The van der Waals surface area contributed by atoms with Crippen molar-refractivity contribution in [1.82, 2.24) is 14.9 Å². The SMILES string of the molecule is O=Cc1ccn(-c2ccc(-c3cc(CNc4ccon4)on3)cc2F)c1. The van der Waals surface area contributed by atoms with Crippen LogP contribution >= 0.6 is 0 Å². The van der Waals surface area contributed by atoms with Gasteiger partial charge >= 0.3 is 0 Å². The number of nitrogens with one attached hydrogen (secondary N) is 1. The topological polar surface area (TPSA) is 86.1 Å². The average Bonchev–Trinajstić information content (AvgIpc) is 3.40. The van der Waals surface area contributed by atoms with E-state index in [4.69, 9.17) is 9.05 Å². The van der Waals surface area contributed by atoms with Crippen molar-refractivity contribution >= 4 is 12.1 Å². The first-order valence-electron chi connectivity index (χ1n) is 7.76. The Hall–Kier alpha value is -3.68. The van der Waals surface area contributed by atoms with Crippen LogP contribution < -0.4 is 5.32 Å². The lowest BCUT2D eigenvalue weighted by molar-refractivity contribution is 0.112. The van der Waals surface area contributed by atoms with E-state index in [0.717, 1.165) is 0 Å². The van der Waals surface area contributed by atoms with E-state index < -0.39 is 5.82 Å². The zero-order chi connectivity index (χ0) is 17.9. The van der Waals surface area contributed by atoms with Crippen molar-refractivity contribution in [2.24, 2.45) is 0 Å². The monoisotopic (exact) mass is 352 g/mol. The summed E-state index contributed by atoms with van der Waals surface area (Å²) in [5, 5.41) is 10.7. The predicted octanol–water partition coefficient (Wildman–Crippen LogP) is 3.68. The number of anilines is 1. The number of carbonyl (C=O) groups is 1. The van der Waals surface area contributed by atoms with Crippen LogP contribution in [-0.4, -0.2) is 21.2 Å². The lowest BCUT2D eigenvalue weighted by Gasteiger charge is -2.05. The van der Waals surface area contributed by atoms with Crippen LogP contribution in [0.15, 0.2) is 64.1 Å². The summed E-state index contributed by atoms with van der Waals surface area (Å²) in [6, 6.07) is 9.77. The molecule has 0 aliphatic carbocycles. The van der Waals surface area contributed by atoms with E-state index in [1.165, 1.54) is 12.3 Å². The van der Waals surface area contributed by atoms with Gasteiger partial charge in [0.1, 0.15) is 17.8 Å². The summed E-state index contributed by atoms with van der Waals surface area (Å²) in [6.07, 6.45) is 5.37. The van der Waals surface area contributed by atoms with Crippen LogP contribution in [-0.2, 0) is 6.54 Å². The van der Waals surface area contributed by atoms with Crippen molar-refractivity contribution in [3.8, 4) is 16.9 Å². The van der Waals surface area contributed by atoms with Gasteiger partial charge in [-0.3, -0.25) is 4.79 Å². The van der Waals surface area contributed by atoms with Gasteiger partial charge in [0.05, 0.1) is 12.2 Å². The third kappa shape index (κ3) is 3.12. The van der Waals surface area contributed by atoms with Crippen molar-refractivity contribution in [3.05, 3.63) is 72.2 Å². The number of hydrogen-bond acceptors (Lipinski definition) is 6. The largest absolute Gasteiger partial charge is 0.363 e. The maximum Gasteiger partial charge on any atom is 0.169 e. The fourth-order valence-corrected chi connectivity index (χ4v) is 2.52. The number of hydrogen-bond donors (Lipinski definition) is 1. The van der Waals surface area contributed by atoms with Crippen LogP contribution in [0.5, 0.6) is 0 Å². The molecule has 4 aromatic rings. The highest BCUT2D eigenvalue weighted by Gasteiger charge is 2.11.